The van der Waals surface area contributed by atoms with Crippen molar-refractivity contribution in [3.8, 4) is 0 Å². The summed E-state index contributed by atoms with van der Waals surface area (Å²) < 4.78 is 23.2. The average Bonchev–Trinajstić information content (AvgIpc) is 2.57. The van der Waals surface area contributed by atoms with Gasteiger partial charge < -0.3 is 4.84 Å². The summed E-state index contributed by atoms with van der Waals surface area (Å²) in [5.41, 5.74) is 5.28. The van der Waals surface area contributed by atoms with Crippen LogP contribution in [0.25, 0.3) is 11.6 Å². The Hall–Kier alpha value is -2.40. The number of oxime groups is 1. The van der Waals surface area contributed by atoms with E-state index in [4.69, 9.17) is 4.84 Å². The Labute approximate surface area is 142 Å². The van der Waals surface area contributed by atoms with E-state index < -0.39 is 9.84 Å². The highest BCUT2D eigenvalue weighted by atomic mass is 32.2. The van der Waals surface area contributed by atoms with Gasteiger partial charge in [0, 0.05) is 11.8 Å². The summed E-state index contributed by atoms with van der Waals surface area (Å²) in [7, 11) is -1.64. The molecule has 3 rings (SSSR count). The second kappa shape index (κ2) is 6.61. The van der Waals surface area contributed by atoms with Crippen molar-refractivity contribution in [3.05, 3.63) is 65.2 Å². The van der Waals surface area contributed by atoms with Crippen LogP contribution in [0.4, 0.5) is 0 Å². The van der Waals surface area contributed by atoms with Crippen LogP contribution >= 0.6 is 0 Å². The van der Waals surface area contributed by atoms with Crippen LogP contribution in [-0.2, 0) is 21.1 Å². The molecule has 0 N–H and O–H groups in total. The summed E-state index contributed by atoms with van der Waals surface area (Å²) in [5.74, 6) is 0. The van der Waals surface area contributed by atoms with Crippen molar-refractivity contribution in [2.75, 3.05) is 13.4 Å². The van der Waals surface area contributed by atoms with Crippen LogP contribution in [0.15, 0.2) is 58.6 Å². The summed E-state index contributed by atoms with van der Waals surface area (Å²) in [5, 5.41) is 4.17. The smallest absolute Gasteiger partial charge is 0.175 e. The van der Waals surface area contributed by atoms with Crippen LogP contribution in [0, 0.1) is 0 Å². The first-order chi connectivity index (χ1) is 11.5. The van der Waals surface area contributed by atoms with Gasteiger partial charge in [-0.15, -0.1) is 0 Å². The standard InChI is InChI=1S/C19H19NO3S/c1-23-20-19-12-9-15-5-3-4-6-17(15)18(19)13-14-7-10-16(11-8-14)24(2,21)22/h3-8,10-11,13H,9,12H2,1-2H3/b18-13-,20-19+. The van der Waals surface area contributed by atoms with E-state index in [-0.39, 0.29) is 0 Å². The predicted octanol–water partition coefficient (Wildman–Crippen LogP) is 3.58. The van der Waals surface area contributed by atoms with E-state index in [1.807, 2.05) is 30.3 Å². The van der Waals surface area contributed by atoms with Gasteiger partial charge in [-0.1, -0.05) is 41.6 Å². The number of benzene rings is 2. The minimum atomic E-state index is -3.19. The van der Waals surface area contributed by atoms with Crippen molar-refractivity contribution in [2.45, 2.75) is 17.7 Å². The molecule has 124 valence electrons. The molecule has 0 fully saturated rings. The third-order valence-electron chi connectivity index (χ3n) is 4.07. The SMILES string of the molecule is CO/N=C1\CCc2ccccc2\C1=C\c1ccc(S(C)(=O)=O)cc1. The topological polar surface area (TPSA) is 55.7 Å². The van der Waals surface area contributed by atoms with Gasteiger partial charge in [0.2, 0.25) is 0 Å². The Kier molecular flexibility index (Phi) is 4.53. The molecule has 0 aliphatic heterocycles. The van der Waals surface area contributed by atoms with E-state index in [1.54, 1.807) is 19.2 Å². The summed E-state index contributed by atoms with van der Waals surface area (Å²) in [4.78, 5) is 5.31. The van der Waals surface area contributed by atoms with Crippen LogP contribution in [0.5, 0.6) is 0 Å². The van der Waals surface area contributed by atoms with Gasteiger partial charge in [-0.05, 0) is 47.7 Å². The lowest BCUT2D eigenvalue weighted by Gasteiger charge is -2.20. The molecule has 1 aliphatic carbocycles. The predicted molar refractivity (Wildman–Crippen MR) is 96.6 cm³/mol. The molecule has 0 amide bonds. The Morgan fingerprint density at radius 1 is 1.04 bits per heavy atom. The van der Waals surface area contributed by atoms with E-state index in [0.29, 0.717) is 4.90 Å². The fourth-order valence-electron chi connectivity index (χ4n) is 2.89. The lowest BCUT2D eigenvalue weighted by Crippen LogP contribution is -2.13. The largest absolute Gasteiger partial charge is 0.399 e. The minimum Gasteiger partial charge on any atom is -0.399 e. The maximum Gasteiger partial charge on any atom is 0.175 e. The van der Waals surface area contributed by atoms with Crippen molar-refractivity contribution in [2.24, 2.45) is 5.16 Å². The third-order valence-corrected chi connectivity index (χ3v) is 5.20. The van der Waals surface area contributed by atoms with E-state index in [1.165, 1.54) is 11.8 Å². The van der Waals surface area contributed by atoms with Gasteiger partial charge in [-0.2, -0.15) is 0 Å². The molecule has 0 aromatic heterocycles. The van der Waals surface area contributed by atoms with Gasteiger partial charge in [0.1, 0.15) is 7.11 Å². The summed E-state index contributed by atoms with van der Waals surface area (Å²) in [6.45, 7) is 0. The first-order valence-electron chi connectivity index (χ1n) is 7.69. The van der Waals surface area contributed by atoms with Gasteiger partial charge >= 0.3 is 0 Å². The van der Waals surface area contributed by atoms with Crippen LogP contribution in [0.1, 0.15) is 23.1 Å². The van der Waals surface area contributed by atoms with Crippen molar-refractivity contribution in [3.63, 3.8) is 0 Å². The Bertz CT molecular complexity index is 910. The number of hydrogen-bond acceptors (Lipinski definition) is 4. The maximum atomic E-state index is 11.6. The summed E-state index contributed by atoms with van der Waals surface area (Å²) in [6, 6.07) is 15.1. The number of fused-ring (bicyclic) bond motifs is 1. The maximum absolute atomic E-state index is 11.6. The molecule has 0 spiro atoms. The lowest BCUT2D eigenvalue weighted by atomic mass is 9.85. The van der Waals surface area contributed by atoms with Crippen molar-refractivity contribution >= 4 is 27.2 Å². The second-order valence-corrected chi connectivity index (χ2v) is 7.79. The molecule has 0 radical (unpaired) electrons. The fourth-order valence-corrected chi connectivity index (χ4v) is 3.52. The normalized spacial score (nSPS) is 17.8. The fraction of sp³-hybridized carbons (Fsp3) is 0.211. The molecule has 1 aliphatic rings. The molecular formula is C19H19NO3S. The molecule has 2 aromatic rings. The van der Waals surface area contributed by atoms with Gasteiger partial charge in [-0.25, -0.2) is 8.42 Å². The lowest BCUT2D eigenvalue weighted by molar-refractivity contribution is 0.213. The minimum absolute atomic E-state index is 0.319. The number of allylic oxidation sites excluding steroid dienone is 1. The Morgan fingerprint density at radius 3 is 2.42 bits per heavy atom. The van der Waals surface area contributed by atoms with Gasteiger partial charge in [-0.3, -0.25) is 0 Å². The van der Waals surface area contributed by atoms with Crippen LogP contribution in [-0.4, -0.2) is 27.5 Å². The third kappa shape index (κ3) is 3.41. The van der Waals surface area contributed by atoms with Gasteiger partial charge in [0.15, 0.2) is 9.84 Å². The van der Waals surface area contributed by atoms with Gasteiger partial charge in [0.05, 0.1) is 10.6 Å². The van der Waals surface area contributed by atoms with Crippen LogP contribution < -0.4 is 0 Å². The zero-order valence-electron chi connectivity index (χ0n) is 13.7. The zero-order valence-corrected chi connectivity index (χ0v) is 14.5. The zero-order chi connectivity index (χ0) is 17.2. The Morgan fingerprint density at radius 2 is 1.75 bits per heavy atom. The van der Waals surface area contributed by atoms with Crippen LogP contribution in [0.2, 0.25) is 0 Å². The van der Waals surface area contributed by atoms with Crippen molar-refractivity contribution < 1.29 is 13.3 Å². The molecule has 0 heterocycles. The number of hydrogen-bond donors (Lipinski definition) is 0. The summed E-state index contributed by atoms with van der Waals surface area (Å²) >= 11 is 0. The highest BCUT2D eigenvalue weighted by Gasteiger charge is 2.20. The molecule has 0 atom stereocenters. The molecule has 0 unspecified atom stereocenters. The Balaban J connectivity index is 2.07. The number of sulfone groups is 1. The molecule has 4 nitrogen and oxygen atoms in total. The second-order valence-electron chi connectivity index (χ2n) is 5.78. The number of aryl methyl sites for hydroxylation is 1. The van der Waals surface area contributed by atoms with E-state index in [0.717, 1.165) is 35.3 Å². The van der Waals surface area contributed by atoms with E-state index in [2.05, 4.69) is 17.3 Å². The molecule has 2 aromatic carbocycles. The number of rotatable bonds is 3. The molecule has 0 saturated heterocycles. The molecular weight excluding hydrogens is 322 g/mol. The molecule has 0 bridgehead atoms. The van der Waals surface area contributed by atoms with Crippen LogP contribution in [0.3, 0.4) is 0 Å². The summed E-state index contributed by atoms with van der Waals surface area (Å²) in [6.07, 6.45) is 4.99. The highest BCUT2D eigenvalue weighted by molar-refractivity contribution is 7.90. The monoisotopic (exact) mass is 341 g/mol. The molecule has 5 heteroatoms. The molecule has 0 saturated carbocycles. The van der Waals surface area contributed by atoms with Crippen molar-refractivity contribution in [1.29, 1.82) is 0 Å². The van der Waals surface area contributed by atoms with Gasteiger partial charge in [0.25, 0.3) is 0 Å². The molecule has 24 heavy (non-hydrogen) atoms. The number of nitrogens with zero attached hydrogens (tertiary/aromatic N) is 1. The first-order valence-corrected chi connectivity index (χ1v) is 9.58. The van der Waals surface area contributed by atoms with Crippen molar-refractivity contribution in [1.82, 2.24) is 0 Å². The van der Waals surface area contributed by atoms with E-state index >= 15 is 0 Å². The highest BCUT2D eigenvalue weighted by Crippen LogP contribution is 2.31. The van der Waals surface area contributed by atoms with E-state index in [9.17, 15) is 8.42 Å². The average molecular weight is 341 g/mol. The quantitative estimate of drug-likeness (QED) is 0.802. The first kappa shape index (κ1) is 16.5.